The van der Waals surface area contributed by atoms with Crippen LogP contribution < -0.4 is 21.3 Å². The highest BCUT2D eigenvalue weighted by molar-refractivity contribution is 7.89. The van der Waals surface area contributed by atoms with Crippen LogP contribution in [-0.2, 0) is 21.4 Å². The number of anilines is 1. The number of hydrogen-bond donors (Lipinski definition) is 4. The minimum absolute atomic E-state index is 0.0118. The van der Waals surface area contributed by atoms with E-state index in [9.17, 15) is 36.0 Å². The summed E-state index contributed by atoms with van der Waals surface area (Å²) in [5.74, 6) is -2.22. The first-order chi connectivity index (χ1) is 18.4. The largest absolute Gasteiger partial charge is 0.471 e. The summed E-state index contributed by atoms with van der Waals surface area (Å²) in [4.78, 5) is 36.2. The average Bonchev–Trinajstić information content (AvgIpc) is 3.30. The van der Waals surface area contributed by atoms with Crippen LogP contribution in [0.3, 0.4) is 0 Å². The van der Waals surface area contributed by atoms with E-state index in [-0.39, 0.29) is 28.7 Å². The van der Waals surface area contributed by atoms with E-state index < -0.39 is 46.8 Å². The molecule has 210 valence electrons. The van der Waals surface area contributed by atoms with Crippen LogP contribution in [0.2, 0.25) is 0 Å². The third-order valence-corrected chi connectivity index (χ3v) is 8.37. The van der Waals surface area contributed by atoms with Gasteiger partial charge >= 0.3 is 24.1 Å². The van der Waals surface area contributed by atoms with E-state index in [0.717, 1.165) is 44.2 Å². The first-order valence-electron chi connectivity index (χ1n) is 12.4. The van der Waals surface area contributed by atoms with Gasteiger partial charge in [0.2, 0.25) is 0 Å². The third-order valence-electron chi connectivity index (χ3n) is 6.62. The number of carbonyl (C=O) groups is 3. The molecule has 2 aliphatic rings. The average molecular weight is 568 g/mol. The lowest BCUT2D eigenvalue weighted by Gasteiger charge is -2.23. The van der Waals surface area contributed by atoms with E-state index in [1.54, 1.807) is 35.6 Å². The normalized spacial score (nSPS) is 18.4. The molecule has 4 N–H and O–H groups in total. The highest BCUT2D eigenvalue weighted by atomic mass is 32.2. The van der Waals surface area contributed by atoms with E-state index in [4.69, 9.17) is 0 Å². The van der Waals surface area contributed by atoms with Gasteiger partial charge in [-0.2, -0.15) is 13.2 Å². The molecule has 1 aliphatic heterocycles. The number of alkyl halides is 3. The van der Waals surface area contributed by atoms with Crippen LogP contribution in [0.25, 0.3) is 0 Å². The van der Waals surface area contributed by atoms with E-state index >= 15 is 0 Å². The van der Waals surface area contributed by atoms with Crippen molar-refractivity contribution < 1.29 is 36.0 Å². The number of sulfonamides is 1. The molecule has 0 bridgehead atoms. The monoisotopic (exact) mass is 567 g/mol. The number of halogens is 3. The predicted molar refractivity (Wildman–Crippen MR) is 135 cm³/mol. The summed E-state index contributed by atoms with van der Waals surface area (Å²) in [6.07, 6.45) is -0.583. The first kappa shape index (κ1) is 28.2. The quantitative estimate of drug-likeness (QED) is 0.404. The minimum Gasteiger partial charge on any atom is -0.344 e. The lowest BCUT2D eigenvalue weighted by molar-refractivity contribution is -0.173. The number of hydrogen-bond acceptors (Lipinski definition) is 5. The van der Waals surface area contributed by atoms with Gasteiger partial charge in [0.1, 0.15) is 0 Å². The Morgan fingerprint density at radius 3 is 2.38 bits per heavy atom. The molecule has 1 atom stereocenters. The molecule has 4 rings (SSSR count). The summed E-state index contributed by atoms with van der Waals surface area (Å²) in [6.45, 7) is -0.922. The van der Waals surface area contributed by atoms with Crippen molar-refractivity contribution in [1.29, 1.82) is 0 Å². The van der Waals surface area contributed by atoms with Crippen molar-refractivity contribution in [3.05, 3.63) is 59.7 Å². The molecular weight excluding hydrogens is 539 g/mol. The second kappa shape index (κ2) is 11.5. The number of rotatable bonds is 7. The summed E-state index contributed by atoms with van der Waals surface area (Å²) in [6, 6.07) is 10.0. The van der Waals surface area contributed by atoms with Gasteiger partial charge in [-0.15, -0.1) is 0 Å². The zero-order chi connectivity index (χ0) is 28.2. The molecule has 0 spiro atoms. The van der Waals surface area contributed by atoms with Crippen LogP contribution in [0, 0.1) is 0 Å². The number of urea groups is 2. The van der Waals surface area contributed by atoms with Crippen LogP contribution in [0.5, 0.6) is 0 Å². The molecule has 1 saturated heterocycles. The van der Waals surface area contributed by atoms with Gasteiger partial charge in [0.05, 0.1) is 17.5 Å². The van der Waals surface area contributed by atoms with Crippen molar-refractivity contribution in [1.82, 2.24) is 20.3 Å². The number of carbonyl (C=O) groups excluding carboxylic acids is 3. The Labute approximate surface area is 223 Å². The zero-order valence-corrected chi connectivity index (χ0v) is 21.6. The number of amides is 5. The number of nitrogens with zero attached hydrogens (tertiary/aromatic N) is 1. The fraction of sp³-hybridized carbons (Fsp3) is 0.400. The maximum atomic E-state index is 13.4. The first-order valence-corrected chi connectivity index (χ1v) is 13.8. The Kier molecular flexibility index (Phi) is 8.33. The van der Waals surface area contributed by atoms with E-state index in [1.807, 2.05) is 0 Å². The Bertz CT molecular complexity index is 1330. The lowest BCUT2D eigenvalue weighted by atomic mass is 9.96. The fourth-order valence-corrected chi connectivity index (χ4v) is 5.99. The second-order valence-corrected chi connectivity index (χ2v) is 11.2. The lowest BCUT2D eigenvalue weighted by Crippen LogP contribution is -2.39. The third kappa shape index (κ3) is 6.80. The molecule has 1 saturated carbocycles. The van der Waals surface area contributed by atoms with Gasteiger partial charge in [0, 0.05) is 18.3 Å². The van der Waals surface area contributed by atoms with Gasteiger partial charge in [-0.1, -0.05) is 49.6 Å². The van der Waals surface area contributed by atoms with E-state index in [0.29, 0.717) is 9.87 Å². The van der Waals surface area contributed by atoms with Crippen molar-refractivity contribution in [3.63, 3.8) is 0 Å². The molecule has 1 aliphatic carbocycles. The Morgan fingerprint density at radius 2 is 1.72 bits per heavy atom. The molecule has 0 unspecified atom stereocenters. The number of benzene rings is 2. The van der Waals surface area contributed by atoms with Crippen molar-refractivity contribution >= 4 is 33.7 Å². The molecule has 0 radical (unpaired) electrons. The van der Waals surface area contributed by atoms with Crippen LogP contribution in [0.4, 0.5) is 28.4 Å². The molecule has 2 aromatic carbocycles. The van der Waals surface area contributed by atoms with E-state index in [2.05, 4.69) is 16.0 Å². The highest BCUT2D eigenvalue weighted by Gasteiger charge is 2.40. The van der Waals surface area contributed by atoms with Gasteiger partial charge in [0.15, 0.2) is 0 Å². The van der Waals surface area contributed by atoms with E-state index in [1.165, 1.54) is 6.07 Å². The molecule has 10 nitrogen and oxygen atoms in total. The Morgan fingerprint density at radius 1 is 1.03 bits per heavy atom. The summed E-state index contributed by atoms with van der Waals surface area (Å²) in [5.41, 5.74) is 0.618. The Balaban J connectivity index is 1.57. The Hall–Kier alpha value is -3.81. The molecule has 1 heterocycles. The van der Waals surface area contributed by atoms with Gasteiger partial charge in [-0.25, -0.2) is 22.3 Å². The molecular formula is C25H28F3N5O5S. The zero-order valence-electron chi connectivity index (χ0n) is 20.8. The summed E-state index contributed by atoms with van der Waals surface area (Å²) >= 11 is 0. The SMILES string of the molecule is O=C(Nc1ccc(S(=O)(=O)N2C[C@H](c3ccccc3)NC2=O)cc1CNC(=O)C(F)(F)F)NC1CCCCC1. The maximum absolute atomic E-state index is 13.4. The van der Waals surface area contributed by atoms with Crippen LogP contribution >= 0.6 is 0 Å². The summed E-state index contributed by atoms with van der Waals surface area (Å²) in [5, 5.41) is 9.64. The molecule has 5 amide bonds. The topological polar surface area (TPSA) is 137 Å². The van der Waals surface area contributed by atoms with Gasteiger partial charge in [-0.05, 0) is 42.2 Å². The molecule has 39 heavy (non-hydrogen) atoms. The smallest absolute Gasteiger partial charge is 0.344 e. The summed E-state index contributed by atoms with van der Waals surface area (Å²) in [7, 11) is -4.43. The van der Waals surface area contributed by atoms with Crippen molar-refractivity contribution in [2.24, 2.45) is 0 Å². The second-order valence-electron chi connectivity index (χ2n) is 9.38. The van der Waals surface area contributed by atoms with Crippen LogP contribution in [-0.4, -0.2) is 49.5 Å². The van der Waals surface area contributed by atoms with Gasteiger partial charge < -0.3 is 21.3 Å². The van der Waals surface area contributed by atoms with Crippen LogP contribution in [0.15, 0.2) is 53.4 Å². The summed E-state index contributed by atoms with van der Waals surface area (Å²) < 4.78 is 65.7. The van der Waals surface area contributed by atoms with Crippen molar-refractivity contribution in [2.45, 2.75) is 61.8 Å². The molecule has 0 aromatic heterocycles. The number of nitrogens with one attached hydrogen (secondary N) is 4. The van der Waals surface area contributed by atoms with Gasteiger partial charge in [-0.3, -0.25) is 4.79 Å². The minimum atomic E-state index is -5.16. The van der Waals surface area contributed by atoms with Crippen molar-refractivity contribution in [2.75, 3.05) is 11.9 Å². The molecule has 2 aromatic rings. The predicted octanol–water partition coefficient (Wildman–Crippen LogP) is 3.77. The van der Waals surface area contributed by atoms with Crippen molar-refractivity contribution in [3.8, 4) is 0 Å². The molecule has 14 heteroatoms. The highest BCUT2D eigenvalue weighted by Crippen LogP contribution is 2.29. The van der Waals surface area contributed by atoms with Crippen LogP contribution in [0.1, 0.15) is 49.3 Å². The maximum Gasteiger partial charge on any atom is 0.471 e. The fourth-order valence-electron chi connectivity index (χ4n) is 4.59. The molecule has 2 fully saturated rings. The van der Waals surface area contributed by atoms with Gasteiger partial charge in [0.25, 0.3) is 10.0 Å². The standard InChI is InChI=1S/C25H28F3N5O5S/c26-25(27,28)22(34)29-14-17-13-19(11-12-20(17)31-23(35)30-18-9-5-2-6-10-18)39(37,38)33-15-21(32-24(33)36)16-7-3-1-4-8-16/h1,3-4,7-8,11-13,18,21H,2,5-6,9-10,14-15H2,(H,29,34)(H,32,36)(H2,30,31,35)/t21-/m1/s1.